The summed E-state index contributed by atoms with van der Waals surface area (Å²) in [6.45, 7) is 5.91. The maximum absolute atomic E-state index is 11.4. The van der Waals surface area contributed by atoms with Gasteiger partial charge >= 0.3 is 5.97 Å². The minimum absolute atomic E-state index is 0.174. The van der Waals surface area contributed by atoms with E-state index in [2.05, 4.69) is 0 Å². The van der Waals surface area contributed by atoms with E-state index in [1.807, 2.05) is 20.8 Å². The molecule has 0 atom stereocenters. The first-order valence-corrected chi connectivity index (χ1v) is 7.01. The highest BCUT2D eigenvalue weighted by Crippen LogP contribution is 2.32. The van der Waals surface area contributed by atoms with Crippen LogP contribution in [0.4, 0.5) is 0 Å². The molecule has 104 valence electrons. The van der Waals surface area contributed by atoms with Crippen molar-refractivity contribution in [3.05, 3.63) is 28.3 Å². The quantitative estimate of drug-likeness (QED) is 0.894. The van der Waals surface area contributed by atoms with Crippen molar-refractivity contribution in [3.8, 4) is 5.75 Å². The summed E-state index contributed by atoms with van der Waals surface area (Å²) in [6.07, 6.45) is 5.86. The van der Waals surface area contributed by atoms with Gasteiger partial charge in [0.1, 0.15) is 11.3 Å². The standard InChI is InChI=1S/C16H22O3/c1-10-9-14(16(17)18)15(12(3)11(10)2)19-13-7-5-4-6-8-13/h9,13H,4-8H2,1-3H3,(H,17,18). The van der Waals surface area contributed by atoms with Crippen LogP contribution in [-0.2, 0) is 0 Å². The summed E-state index contributed by atoms with van der Waals surface area (Å²) in [7, 11) is 0. The molecular formula is C16H22O3. The summed E-state index contributed by atoms with van der Waals surface area (Å²) in [5, 5.41) is 9.35. The number of carboxylic acids is 1. The van der Waals surface area contributed by atoms with Gasteiger partial charge in [0.2, 0.25) is 0 Å². The maximum atomic E-state index is 11.4. The van der Waals surface area contributed by atoms with Crippen LogP contribution in [0.25, 0.3) is 0 Å². The smallest absolute Gasteiger partial charge is 0.339 e. The number of hydrogen-bond donors (Lipinski definition) is 1. The lowest BCUT2D eigenvalue weighted by Crippen LogP contribution is -2.21. The summed E-state index contributed by atoms with van der Waals surface area (Å²) in [6, 6.07) is 1.73. The molecule has 0 radical (unpaired) electrons. The number of aryl methyl sites for hydroxylation is 1. The summed E-state index contributed by atoms with van der Waals surface area (Å²) >= 11 is 0. The number of rotatable bonds is 3. The molecule has 0 heterocycles. The molecule has 1 saturated carbocycles. The molecule has 1 aliphatic rings. The van der Waals surface area contributed by atoms with Crippen LogP contribution in [0.2, 0.25) is 0 Å². The molecule has 19 heavy (non-hydrogen) atoms. The van der Waals surface area contributed by atoms with E-state index in [1.54, 1.807) is 6.07 Å². The van der Waals surface area contributed by atoms with Crippen molar-refractivity contribution in [2.24, 2.45) is 0 Å². The predicted molar refractivity (Wildman–Crippen MR) is 75.1 cm³/mol. The lowest BCUT2D eigenvalue weighted by Gasteiger charge is -2.25. The summed E-state index contributed by atoms with van der Waals surface area (Å²) < 4.78 is 6.03. The average molecular weight is 262 g/mol. The minimum atomic E-state index is -0.906. The van der Waals surface area contributed by atoms with Gasteiger partial charge in [-0.05, 0) is 69.2 Å². The molecule has 1 fully saturated rings. The van der Waals surface area contributed by atoms with E-state index in [1.165, 1.54) is 19.3 Å². The SMILES string of the molecule is Cc1cc(C(=O)O)c(OC2CCCCC2)c(C)c1C. The van der Waals surface area contributed by atoms with Crippen molar-refractivity contribution in [1.82, 2.24) is 0 Å². The number of hydrogen-bond acceptors (Lipinski definition) is 2. The van der Waals surface area contributed by atoms with Gasteiger partial charge in [0, 0.05) is 0 Å². The van der Waals surface area contributed by atoms with Crippen molar-refractivity contribution in [2.75, 3.05) is 0 Å². The molecule has 0 bridgehead atoms. The van der Waals surface area contributed by atoms with Gasteiger partial charge in [-0.2, -0.15) is 0 Å². The first kappa shape index (κ1) is 13.9. The Labute approximate surface area is 114 Å². The second kappa shape index (κ2) is 5.64. The Bertz CT molecular complexity index is 485. The van der Waals surface area contributed by atoms with Gasteiger partial charge in [-0.15, -0.1) is 0 Å². The Hall–Kier alpha value is -1.51. The molecular weight excluding hydrogens is 240 g/mol. The van der Waals surface area contributed by atoms with Crippen molar-refractivity contribution in [3.63, 3.8) is 0 Å². The Morgan fingerprint density at radius 1 is 1.16 bits per heavy atom. The van der Waals surface area contributed by atoms with E-state index in [4.69, 9.17) is 4.74 Å². The summed E-state index contributed by atoms with van der Waals surface area (Å²) in [5.41, 5.74) is 3.39. The highest BCUT2D eigenvalue weighted by Gasteiger charge is 2.22. The molecule has 3 heteroatoms. The Balaban J connectivity index is 2.36. The van der Waals surface area contributed by atoms with E-state index in [9.17, 15) is 9.90 Å². The molecule has 0 aromatic heterocycles. The van der Waals surface area contributed by atoms with E-state index in [0.29, 0.717) is 11.3 Å². The number of benzene rings is 1. The fourth-order valence-corrected chi connectivity index (χ4v) is 2.72. The summed E-state index contributed by atoms with van der Waals surface area (Å²) in [4.78, 5) is 11.4. The highest BCUT2D eigenvalue weighted by molar-refractivity contribution is 5.92. The van der Waals surface area contributed by atoms with Crippen LogP contribution in [-0.4, -0.2) is 17.2 Å². The van der Waals surface area contributed by atoms with Gasteiger partial charge in [0.15, 0.2) is 0 Å². The van der Waals surface area contributed by atoms with Gasteiger partial charge < -0.3 is 9.84 Å². The zero-order chi connectivity index (χ0) is 14.0. The molecule has 1 aromatic rings. The number of ether oxygens (including phenoxy) is 1. The predicted octanol–water partition coefficient (Wildman–Crippen LogP) is 4.02. The summed E-state index contributed by atoms with van der Waals surface area (Å²) in [5.74, 6) is -0.334. The van der Waals surface area contributed by atoms with Gasteiger partial charge in [0.05, 0.1) is 6.10 Å². The molecule has 1 N–H and O–H groups in total. The van der Waals surface area contributed by atoms with E-state index in [-0.39, 0.29) is 6.10 Å². The molecule has 0 saturated heterocycles. The van der Waals surface area contributed by atoms with Gasteiger partial charge in [-0.25, -0.2) is 4.79 Å². The molecule has 0 unspecified atom stereocenters. The zero-order valence-electron chi connectivity index (χ0n) is 12.0. The topological polar surface area (TPSA) is 46.5 Å². The van der Waals surface area contributed by atoms with Crippen LogP contribution in [0.1, 0.15) is 59.2 Å². The molecule has 2 rings (SSSR count). The third kappa shape index (κ3) is 2.91. The third-order valence-corrected chi connectivity index (χ3v) is 4.17. The van der Waals surface area contributed by atoms with E-state index in [0.717, 1.165) is 29.5 Å². The van der Waals surface area contributed by atoms with Crippen LogP contribution in [0.3, 0.4) is 0 Å². The van der Waals surface area contributed by atoms with Gasteiger partial charge in [-0.1, -0.05) is 6.42 Å². The Morgan fingerprint density at radius 2 is 1.79 bits per heavy atom. The van der Waals surface area contributed by atoms with Gasteiger partial charge in [0.25, 0.3) is 0 Å². The lowest BCUT2D eigenvalue weighted by molar-refractivity contribution is 0.0685. The van der Waals surface area contributed by atoms with Crippen LogP contribution in [0.5, 0.6) is 5.75 Å². The molecule has 0 amide bonds. The fraction of sp³-hybridized carbons (Fsp3) is 0.562. The molecule has 1 aliphatic carbocycles. The van der Waals surface area contributed by atoms with Gasteiger partial charge in [-0.3, -0.25) is 0 Å². The second-order valence-corrected chi connectivity index (χ2v) is 5.50. The van der Waals surface area contributed by atoms with Crippen molar-refractivity contribution < 1.29 is 14.6 Å². The normalized spacial score (nSPS) is 16.4. The first-order chi connectivity index (χ1) is 9.00. The van der Waals surface area contributed by atoms with E-state index < -0.39 is 5.97 Å². The van der Waals surface area contributed by atoms with Crippen molar-refractivity contribution in [1.29, 1.82) is 0 Å². The lowest BCUT2D eigenvalue weighted by atomic mass is 9.96. The largest absolute Gasteiger partial charge is 0.489 e. The fourth-order valence-electron chi connectivity index (χ4n) is 2.72. The number of carbonyl (C=O) groups is 1. The first-order valence-electron chi connectivity index (χ1n) is 7.01. The van der Waals surface area contributed by atoms with E-state index >= 15 is 0 Å². The maximum Gasteiger partial charge on any atom is 0.339 e. The average Bonchev–Trinajstić information content (AvgIpc) is 2.40. The van der Waals surface area contributed by atoms with Crippen LogP contribution < -0.4 is 4.74 Å². The van der Waals surface area contributed by atoms with Crippen LogP contribution >= 0.6 is 0 Å². The second-order valence-electron chi connectivity index (χ2n) is 5.50. The third-order valence-electron chi connectivity index (χ3n) is 4.17. The van der Waals surface area contributed by atoms with Crippen LogP contribution in [0, 0.1) is 20.8 Å². The molecule has 0 aliphatic heterocycles. The monoisotopic (exact) mass is 262 g/mol. The minimum Gasteiger partial charge on any atom is -0.489 e. The number of carboxylic acid groups (broad SMARTS) is 1. The highest BCUT2D eigenvalue weighted by atomic mass is 16.5. The van der Waals surface area contributed by atoms with Crippen LogP contribution in [0.15, 0.2) is 6.07 Å². The molecule has 1 aromatic carbocycles. The van der Waals surface area contributed by atoms with Crippen molar-refractivity contribution in [2.45, 2.75) is 59.0 Å². The molecule has 0 spiro atoms. The number of aromatic carboxylic acids is 1. The Morgan fingerprint density at radius 3 is 2.37 bits per heavy atom. The zero-order valence-corrected chi connectivity index (χ0v) is 12.0. The Kier molecular flexibility index (Phi) is 4.13. The molecule has 3 nitrogen and oxygen atoms in total. The van der Waals surface area contributed by atoms with Crippen molar-refractivity contribution >= 4 is 5.97 Å².